The molecule has 1 unspecified atom stereocenters. The van der Waals surface area contributed by atoms with E-state index in [0.29, 0.717) is 6.61 Å². The number of benzene rings is 1. The smallest absolute Gasteiger partial charge is 0.321 e. The number of hydrogen-bond donors (Lipinski definition) is 2. The number of amides is 3. The zero-order valence-electron chi connectivity index (χ0n) is 11.7. The minimum atomic E-state index is -0.486. The molecule has 0 aliphatic carbocycles. The average Bonchev–Trinajstić information content (AvgIpc) is 2.39. The summed E-state index contributed by atoms with van der Waals surface area (Å²) in [6.45, 7) is 2.21. The van der Waals surface area contributed by atoms with Crippen molar-refractivity contribution in [3.63, 3.8) is 0 Å². The van der Waals surface area contributed by atoms with E-state index in [4.69, 9.17) is 4.74 Å². The van der Waals surface area contributed by atoms with Gasteiger partial charge in [0, 0.05) is 12.9 Å². The van der Waals surface area contributed by atoms with Crippen molar-refractivity contribution >= 4 is 23.7 Å². The van der Waals surface area contributed by atoms with Crippen LogP contribution in [-0.4, -0.2) is 37.4 Å². The molecule has 6 heteroatoms. The van der Waals surface area contributed by atoms with Crippen molar-refractivity contribution in [1.29, 1.82) is 0 Å². The molecule has 1 aromatic carbocycles. The van der Waals surface area contributed by atoms with E-state index < -0.39 is 6.03 Å². The molecule has 1 rings (SSSR count). The number of ether oxygens (including phenoxy) is 1. The quantitative estimate of drug-likeness (QED) is 0.805. The summed E-state index contributed by atoms with van der Waals surface area (Å²) in [6.07, 6.45) is 0. The monoisotopic (exact) mass is 296 g/mol. The van der Waals surface area contributed by atoms with E-state index in [9.17, 15) is 9.59 Å². The second kappa shape index (κ2) is 9.39. The Morgan fingerprint density at radius 2 is 2.00 bits per heavy atom. The fourth-order valence-corrected chi connectivity index (χ4v) is 2.34. The Balaban J connectivity index is 2.18. The Morgan fingerprint density at radius 3 is 2.65 bits per heavy atom. The minimum Gasteiger partial charge on any atom is -0.383 e. The number of carbonyl (C=O) groups excluding carboxylic acids is 2. The highest BCUT2D eigenvalue weighted by Gasteiger charge is 2.10. The number of methoxy groups -OCH3 is 1. The molecule has 0 fully saturated rings. The highest BCUT2D eigenvalue weighted by atomic mass is 32.2. The van der Waals surface area contributed by atoms with Gasteiger partial charge in [0.05, 0.1) is 18.4 Å². The molecule has 5 nitrogen and oxygen atoms in total. The van der Waals surface area contributed by atoms with Crippen molar-refractivity contribution in [2.24, 2.45) is 0 Å². The number of nitrogens with one attached hydrogen (secondary N) is 2. The Morgan fingerprint density at radius 1 is 1.30 bits per heavy atom. The Kier molecular flexibility index (Phi) is 7.75. The van der Waals surface area contributed by atoms with Gasteiger partial charge in [-0.1, -0.05) is 30.3 Å². The molecule has 110 valence electrons. The van der Waals surface area contributed by atoms with Crippen molar-refractivity contribution in [3.8, 4) is 0 Å². The molecule has 1 atom stereocenters. The van der Waals surface area contributed by atoms with Crippen molar-refractivity contribution in [2.45, 2.75) is 18.7 Å². The van der Waals surface area contributed by atoms with Crippen LogP contribution in [0.2, 0.25) is 0 Å². The number of carbonyl (C=O) groups is 2. The van der Waals surface area contributed by atoms with Crippen LogP contribution in [0.25, 0.3) is 0 Å². The standard InChI is InChI=1S/C14H20N2O3S/c1-11(8-19-2)15-14(18)16-13(17)10-20-9-12-6-4-3-5-7-12/h3-7,11H,8-10H2,1-2H3,(H2,15,16,17,18). The van der Waals surface area contributed by atoms with Crippen LogP contribution in [0.4, 0.5) is 4.79 Å². The zero-order valence-corrected chi connectivity index (χ0v) is 12.5. The molecule has 0 bridgehead atoms. The van der Waals surface area contributed by atoms with E-state index in [1.54, 1.807) is 14.0 Å². The van der Waals surface area contributed by atoms with Crippen molar-refractivity contribution < 1.29 is 14.3 Å². The van der Waals surface area contributed by atoms with E-state index in [1.165, 1.54) is 11.8 Å². The number of hydrogen-bond acceptors (Lipinski definition) is 4. The third kappa shape index (κ3) is 7.16. The Bertz CT molecular complexity index is 426. The first kappa shape index (κ1) is 16.5. The number of thioether (sulfide) groups is 1. The van der Waals surface area contributed by atoms with Gasteiger partial charge in [0.15, 0.2) is 0 Å². The summed E-state index contributed by atoms with van der Waals surface area (Å²) in [5.41, 5.74) is 1.16. The highest BCUT2D eigenvalue weighted by Crippen LogP contribution is 2.10. The van der Waals surface area contributed by atoms with Gasteiger partial charge in [-0.15, -0.1) is 11.8 Å². The molecule has 1 aromatic rings. The molecule has 2 N–H and O–H groups in total. The van der Waals surface area contributed by atoms with Gasteiger partial charge >= 0.3 is 6.03 Å². The predicted molar refractivity (Wildman–Crippen MR) is 80.6 cm³/mol. The summed E-state index contributed by atoms with van der Waals surface area (Å²) in [5, 5.41) is 4.90. The first-order chi connectivity index (χ1) is 9.61. The highest BCUT2D eigenvalue weighted by molar-refractivity contribution is 7.99. The van der Waals surface area contributed by atoms with E-state index in [0.717, 1.165) is 11.3 Å². The maximum absolute atomic E-state index is 11.6. The van der Waals surface area contributed by atoms with Crippen molar-refractivity contribution in [3.05, 3.63) is 35.9 Å². The number of urea groups is 1. The second-order valence-corrected chi connectivity index (χ2v) is 5.34. The fraction of sp³-hybridized carbons (Fsp3) is 0.429. The summed E-state index contributed by atoms with van der Waals surface area (Å²) < 4.78 is 4.89. The van der Waals surface area contributed by atoms with Gasteiger partial charge in [-0.2, -0.15) is 0 Å². The van der Waals surface area contributed by atoms with Gasteiger partial charge in [0.1, 0.15) is 0 Å². The van der Waals surface area contributed by atoms with Gasteiger partial charge < -0.3 is 10.1 Å². The Labute approximate surface area is 123 Å². The lowest BCUT2D eigenvalue weighted by Crippen LogP contribution is -2.45. The van der Waals surface area contributed by atoms with Gasteiger partial charge in [-0.05, 0) is 12.5 Å². The lowest BCUT2D eigenvalue weighted by Gasteiger charge is -2.12. The van der Waals surface area contributed by atoms with Crippen LogP contribution in [0.15, 0.2) is 30.3 Å². The molecule has 0 aromatic heterocycles. The Hall–Kier alpha value is -1.53. The van der Waals surface area contributed by atoms with E-state index in [-0.39, 0.29) is 17.7 Å². The molecule has 3 amide bonds. The molecule has 0 radical (unpaired) electrons. The van der Waals surface area contributed by atoms with Crippen LogP contribution < -0.4 is 10.6 Å². The van der Waals surface area contributed by atoms with Crippen LogP contribution in [0.5, 0.6) is 0 Å². The van der Waals surface area contributed by atoms with E-state index >= 15 is 0 Å². The van der Waals surface area contributed by atoms with Crippen molar-refractivity contribution in [2.75, 3.05) is 19.5 Å². The summed E-state index contributed by atoms with van der Waals surface area (Å²) in [7, 11) is 1.56. The summed E-state index contributed by atoms with van der Waals surface area (Å²) >= 11 is 1.47. The van der Waals surface area contributed by atoms with Crippen LogP contribution in [0.3, 0.4) is 0 Å². The normalized spacial score (nSPS) is 11.7. The molecule has 0 aliphatic rings. The van der Waals surface area contributed by atoms with Crippen molar-refractivity contribution in [1.82, 2.24) is 10.6 Å². The molecular formula is C14H20N2O3S. The average molecular weight is 296 g/mol. The summed E-state index contributed by atoms with van der Waals surface area (Å²) in [5.74, 6) is 0.699. The maximum Gasteiger partial charge on any atom is 0.321 e. The minimum absolute atomic E-state index is 0.134. The van der Waals surface area contributed by atoms with E-state index in [1.807, 2.05) is 30.3 Å². The van der Waals surface area contributed by atoms with Gasteiger partial charge in [-0.25, -0.2) is 4.79 Å². The zero-order chi connectivity index (χ0) is 14.8. The molecule has 0 heterocycles. The molecule has 0 aliphatic heterocycles. The van der Waals surface area contributed by atoms with Crippen LogP contribution in [-0.2, 0) is 15.3 Å². The molecule has 20 heavy (non-hydrogen) atoms. The molecule has 0 saturated carbocycles. The fourth-order valence-electron chi connectivity index (χ4n) is 1.55. The first-order valence-electron chi connectivity index (χ1n) is 6.32. The van der Waals surface area contributed by atoms with Gasteiger partial charge in [0.2, 0.25) is 5.91 Å². The van der Waals surface area contributed by atoms with Crippen LogP contribution >= 0.6 is 11.8 Å². The second-order valence-electron chi connectivity index (χ2n) is 4.36. The third-order valence-electron chi connectivity index (χ3n) is 2.39. The number of rotatable bonds is 7. The van der Waals surface area contributed by atoms with Gasteiger partial charge in [0.25, 0.3) is 0 Å². The number of imide groups is 1. The van der Waals surface area contributed by atoms with Crippen LogP contribution in [0.1, 0.15) is 12.5 Å². The topological polar surface area (TPSA) is 67.4 Å². The SMILES string of the molecule is COCC(C)NC(=O)NC(=O)CSCc1ccccc1. The lowest BCUT2D eigenvalue weighted by atomic mass is 10.2. The molecular weight excluding hydrogens is 276 g/mol. The maximum atomic E-state index is 11.6. The largest absolute Gasteiger partial charge is 0.383 e. The third-order valence-corrected chi connectivity index (χ3v) is 3.40. The van der Waals surface area contributed by atoms with Crippen LogP contribution in [0, 0.1) is 0 Å². The summed E-state index contributed by atoms with van der Waals surface area (Å²) in [4.78, 5) is 23.0. The molecule has 0 saturated heterocycles. The first-order valence-corrected chi connectivity index (χ1v) is 7.48. The lowest BCUT2D eigenvalue weighted by molar-refractivity contribution is -0.117. The van der Waals surface area contributed by atoms with E-state index in [2.05, 4.69) is 10.6 Å². The predicted octanol–water partition coefficient (Wildman–Crippen LogP) is 1.78. The molecule has 0 spiro atoms. The summed E-state index contributed by atoms with van der Waals surface area (Å²) in [6, 6.07) is 9.26. The van der Waals surface area contributed by atoms with Gasteiger partial charge in [-0.3, -0.25) is 10.1 Å².